The van der Waals surface area contributed by atoms with Crippen LogP contribution in [0.5, 0.6) is 0 Å². The van der Waals surface area contributed by atoms with Crippen molar-refractivity contribution in [1.29, 1.82) is 0 Å². The molecule has 0 bridgehead atoms. The summed E-state index contributed by atoms with van der Waals surface area (Å²) < 4.78 is 5.80. The van der Waals surface area contributed by atoms with E-state index in [1.54, 1.807) is 11.8 Å². The Labute approximate surface area is 166 Å². The minimum atomic E-state index is 0.642. The summed E-state index contributed by atoms with van der Waals surface area (Å²) in [6.07, 6.45) is 0. The zero-order valence-corrected chi connectivity index (χ0v) is 16.2. The highest BCUT2D eigenvalue weighted by Gasteiger charge is 2.12. The second kappa shape index (κ2) is 7.94. The van der Waals surface area contributed by atoms with Gasteiger partial charge >= 0.3 is 0 Å². The van der Waals surface area contributed by atoms with Gasteiger partial charge in [-0.15, -0.1) is 10.2 Å². The minimum Gasteiger partial charge on any atom is -0.441 e. The molecule has 0 aliphatic rings. The SMILES string of the molecule is Cc1oc(-c2ccccc2)nc1CSc1ccc(-c2ccccc2Cl)nn1. The molecule has 2 aromatic carbocycles. The number of halogens is 1. The van der Waals surface area contributed by atoms with Gasteiger partial charge in [0.1, 0.15) is 10.8 Å². The third kappa shape index (κ3) is 4.04. The fourth-order valence-corrected chi connectivity index (χ4v) is 3.67. The Kier molecular flexibility index (Phi) is 5.23. The second-order valence-corrected chi connectivity index (χ2v) is 7.32. The quantitative estimate of drug-likeness (QED) is 0.386. The Hall–Kier alpha value is -2.63. The van der Waals surface area contributed by atoms with Crippen LogP contribution in [0, 0.1) is 6.92 Å². The lowest BCUT2D eigenvalue weighted by Gasteiger charge is -2.03. The highest BCUT2D eigenvalue weighted by molar-refractivity contribution is 7.98. The molecule has 2 aromatic heterocycles. The van der Waals surface area contributed by atoms with E-state index < -0.39 is 0 Å². The number of rotatable bonds is 5. The maximum Gasteiger partial charge on any atom is 0.226 e. The van der Waals surface area contributed by atoms with Crippen LogP contribution in [0.1, 0.15) is 11.5 Å². The summed E-state index contributed by atoms with van der Waals surface area (Å²) in [5.41, 5.74) is 3.52. The van der Waals surface area contributed by atoms with E-state index in [1.165, 1.54) is 0 Å². The number of aryl methyl sites for hydroxylation is 1. The molecule has 0 aliphatic carbocycles. The highest BCUT2D eigenvalue weighted by Crippen LogP contribution is 2.29. The van der Waals surface area contributed by atoms with Crippen molar-refractivity contribution in [3.05, 3.63) is 83.2 Å². The molecule has 4 aromatic rings. The number of benzene rings is 2. The van der Waals surface area contributed by atoms with Crippen molar-refractivity contribution in [2.75, 3.05) is 0 Å². The topological polar surface area (TPSA) is 51.8 Å². The minimum absolute atomic E-state index is 0.642. The monoisotopic (exact) mass is 393 g/mol. The van der Waals surface area contributed by atoms with Crippen LogP contribution in [0.4, 0.5) is 0 Å². The van der Waals surface area contributed by atoms with Crippen molar-refractivity contribution in [3.8, 4) is 22.7 Å². The van der Waals surface area contributed by atoms with Crippen LogP contribution >= 0.6 is 23.4 Å². The second-order valence-electron chi connectivity index (χ2n) is 5.91. The number of thioether (sulfide) groups is 1. The molecule has 4 rings (SSSR count). The zero-order chi connectivity index (χ0) is 18.6. The summed E-state index contributed by atoms with van der Waals surface area (Å²) in [6.45, 7) is 1.93. The summed E-state index contributed by atoms with van der Waals surface area (Å²) in [4.78, 5) is 4.62. The van der Waals surface area contributed by atoms with Crippen LogP contribution in [-0.4, -0.2) is 15.2 Å². The van der Waals surface area contributed by atoms with Crippen molar-refractivity contribution < 1.29 is 4.42 Å². The van der Waals surface area contributed by atoms with E-state index >= 15 is 0 Å². The highest BCUT2D eigenvalue weighted by atomic mass is 35.5. The molecule has 27 heavy (non-hydrogen) atoms. The van der Waals surface area contributed by atoms with Gasteiger partial charge in [-0.25, -0.2) is 4.98 Å². The first-order chi connectivity index (χ1) is 13.2. The van der Waals surface area contributed by atoms with Crippen molar-refractivity contribution in [2.45, 2.75) is 17.7 Å². The molecular formula is C21H16ClN3OS. The van der Waals surface area contributed by atoms with E-state index in [4.69, 9.17) is 16.0 Å². The predicted octanol–water partition coefficient (Wildman–Crippen LogP) is 6.05. The maximum absolute atomic E-state index is 6.22. The largest absolute Gasteiger partial charge is 0.441 e. The first-order valence-corrected chi connectivity index (χ1v) is 9.80. The van der Waals surface area contributed by atoms with Crippen molar-refractivity contribution >= 4 is 23.4 Å². The summed E-state index contributed by atoms with van der Waals surface area (Å²) >= 11 is 7.79. The standard InChI is InChI=1S/C21H16ClN3OS/c1-14-19(23-21(26-14)15-7-3-2-4-8-15)13-27-20-12-11-18(24-25-20)16-9-5-6-10-17(16)22/h2-12H,13H2,1H3. The van der Waals surface area contributed by atoms with Gasteiger partial charge in [-0.1, -0.05) is 59.8 Å². The Balaban J connectivity index is 1.46. The number of oxazole rings is 1. The van der Waals surface area contributed by atoms with Crippen LogP contribution in [0.15, 0.2) is 76.2 Å². The molecule has 134 valence electrons. The Morgan fingerprint density at radius 1 is 0.926 bits per heavy atom. The summed E-state index contributed by atoms with van der Waals surface area (Å²) in [6, 6.07) is 21.4. The molecule has 4 nitrogen and oxygen atoms in total. The van der Waals surface area contributed by atoms with Crippen molar-refractivity contribution in [2.24, 2.45) is 0 Å². The smallest absolute Gasteiger partial charge is 0.226 e. The van der Waals surface area contributed by atoms with E-state index in [2.05, 4.69) is 15.2 Å². The molecule has 0 amide bonds. The first-order valence-electron chi connectivity index (χ1n) is 8.44. The fraction of sp³-hybridized carbons (Fsp3) is 0.0952. The molecule has 6 heteroatoms. The van der Waals surface area contributed by atoms with Crippen molar-refractivity contribution in [3.63, 3.8) is 0 Å². The third-order valence-corrected chi connectivity index (χ3v) is 5.32. The van der Waals surface area contributed by atoms with Gasteiger partial charge in [-0.05, 0) is 37.3 Å². The zero-order valence-electron chi connectivity index (χ0n) is 14.6. The van der Waals surface area contributed by atoms with Gasteiger partial charge in [0.05, 0.1) is 16.4 Å². The van der Waals surface area contributed by atoms with Crippen LogP contribution in [0.3, 0.4) is 0 Å². The van der Waals surface area contributed by atoms with Crippen molar-refractivity contribution in [1.82, 2.24) is 15.2 Å². The number of aromatic nitrogens is 3. The molecule has 0 saturated heterocycles. The normalized spacial score (nSPS) is 10.9. The molecule has 0 atom stereocenters. The van der Waals surface area contributed by atoms with E-state index in [1.807, 2.05) is 73.7 Å². The van der Waals surface area contributed by atoms with Crippen LogP contribution in [0.25, 0.3) is 22.7 Å². The first kappa shape index (κ1) is 17.8. The Morgan fingerprint density at radius 3 is 2.44 bits per heavy atom. The molecule has 0 radical (unpaired) electrons. The van der Waals surface area contributed by atoms with Gasteiger partial charge < -0.3 is 4.42 Å². The van der Waals surface area contributed by atoms with E-state index in [0.29, 0.717) is 16.7 Å². The molecular weight excluding hydrogens is 378 g/mol. The average Bonchev–Trinajstić information content (AvgIpc) is 3.09. The lowest BCUT2D eigenvalue weighted by molar-refractivity contribution is 0.540. The van der Waals surface area contributed by atoms with E-state index in [9.17, 15) is 0 Å². The molecule has 0 N–H and O–H groups in total. The third-order valence-electron chi connectivity index (χ3n) is 4.06. The fourth-order valence-electron chi connectivity index (χ4n) is 2.62. The molecule has 0 unspecified atom stereocenters. The molecule has 0 aliphatic heterocycles. The van der Waals surface area contributed by atoms with E-state index in [0.717, 1.165) is 33.3 Å². The lowest BCUT2D eigenvalue weighted by Crippen LogP contribution is -1.91. The van der Waals surface area contributed by atoms with Gasteiger partial charge in [-0.3, -0.25) is 0 Å². The maximum atomic E-state index is 6.22. The van der Waals surface area contributed by atoms with Gasteiger partial charge in [0.25, 0.3) is 0 Å². The van der Waals surface area contributed by atoms with Gasteiger partial charge in [-0.2, -0.15) is 0 Å². The molecule has 0 saturated carbocycles. The van der Waals surface area contributed by atoms with Crippen LogP contribution in [-0.2, 0) is 5.75 Å². The van der Waals surface area contributed by atoms with Gasteiger partial charge in [0.2, 0.25) is 5.89 Å². The van der Waals surface area contributed by atoms with Crippen LogP contribution in [0.2, 0.25) is 5.02 Å². The number of hydrogen-bond acceptors (Lipinski definition) is 5. The molecule has 0 spiro atoms. The predicted molar refractivity (Wildman–Crippen MR) is 109 cm³/mol. The average molecular weight is 394 g/mol. The van der Waals surface area contributed by atoms with Crippen LogP contribution < -0.4 is 0 Å². The molecule has 2 heterocycles. The Bertz CT molecular complexity index is 1050. The lowest BCUT2D eigenvalue weighted by atomic mass is 10.1. The van der Waals surface area contributed by atoms with Gasteiger partial charge in [0.15, 0.2) is 0 Å². The number of hydrogen-bond donors (Lipinski definition) is 0. The Morgan fingerprint density at radius 2 is 1.70 bits per heavy atom. The summed E-state index contributed by atoms with van der Waals surface area (Å²) in [5, 5.41) is 10.1. The summed E-state index contributed by atoms with van der Waals surface area (Å²) in [7, 11) is 0. The molecule has 0 fully saturated rings. The van der Waals surface area contributed by atoms with E-state index in [-0.39, 0.29) is 0 Å². The van der Waals surface area contributed by atoms with Gasteiger partial charge in [0, 0.05) is 16.9 Å². The number of nitrogens with zero attached hydrogens (tertiary/aromatic N) is 3. The summed E-state index contributed by atoms with van der Waals surface area (Å²) in [5.74, 6) is 2.13.